The Morgan fingerprint density at radius 2 is 1.32 bits per heavy atom. The van der Waals surface area contributed by atoms with Gasteiger partial charge in [-0.2, -0.15) is 4.39 Å². The molecular weight excluding hydrogens is 255 g/mol. The highest BCUT2D eigenvalue weighted by atomic mass is 19.1. The molecule has 2 aromatic rings. The zero-order chi connectivity index (χ0) is 14.3. The van der Waals surface area contributed by atoms with Crippen molar-refractivity contribution in [1.29, 1.82) is 0 Å². The molecule has 0 N–H and O–H groups in total. The van der Waals surface area contributed by atoms with Crippen LogP contribution in [-0.4, -0.2) is 9.85 Å². The topological polar surface area (TPSA) is 86.3 Å². The third kappa shape index (κ3) is 4.50. The van der Waals surface area contributed by atoms with Gasteiger partial charge in [-0.25, -0.2) is 0 Å². The Labute approximate surface area is 107 Å². The van der Waals surface area contributed by atoms with E-state index in [-0.39, 0.29) is 0 Å². The van der Waals surface area contributed by atoms with Crippen LogP contribution in [0.1, 0.15) is 0 Å². The minimum absolute atomic E-state index is 0.506. The van der Waals surface area contributed by atoms with Gasteiger partial charge in [-0.15, -0.1) is 0 Å². The maximum Gasteiger partial charge on any atom is 0.311 e. The first-order valence-electron chi connectivity index (χ1n) is 5.10. The number of benzene rings is 2. The lowest BCUT2D eigenvalue weighted by Crippen LogP contribution is -1.95. The van der Waals surface area contributed by atoms with Crippen molar-refractivity contribution in [3.63, 3.8) is 0 Å². The van der Waals surface area contributed by atoms with E-state index >= 15 is 0 Å². The van der Waals surface area contributed by atoms with Crippen LogP contribution in [0.5, 0.6) is 0 Å². The lowest BCUT2D eigenvalue weighted by molar-refractivity contribution is -0.395. The Bertz CT molecular complexity index is 548. The fraction of sp³-hybridized carbons (Fsp3) is 0. The Morgan fingerprint density at radius 1 is 0.842 bits per heavy atom. The predicted octanol–water partition coefficient (Wildman–Crippen LogP) is 3.33. The van der Waals surface area contributed by atoms with Crippen molar-refractivity contribution in [2.24, 2.45) is 0 Å². The van der Waals surface area contributed by atoms with E-state index in [0.29, 0.717) is 12.1 Å². The molecule has 0 atom stereocenters. The number of nitro groups is 2. The Balaban J connectivity index is 0.000000250. The van der Waals surface area contributed by atoms with Crippen molar-refractivity contribution in [3.8, 4) is 0 Å². The van der Waals surface area contributed by atoms with E-state index in [4.69, 9.17) is 0 Å². The number of hydrogen-bond donors (Lipinski definition) is 0. The summed E-state index contributed by atoms with van der Waals surface area (Å²) in [7, 11) is 0. The normalized spacial score (nSPS) is 9.11. The van der Waals surface area contributed by atoms with Gasteiger partial charge in [0.15, 0.2) is 0 Å². The first kappa shape index (κ1) is 14.2. The van der Waals surface area contributed by atoms with E-state index in [1.165, 1.54) is 0 Å². The zero-order valence-electron chi connectivity index (χ0n) is 9.60. The molecule has 0 amide bonds. The highest BCUT2D eigenvalue weighted by molar-refractivity contribution is 5.43. The van der Waals surface area contributed by atoms with Gasteiger partial charge in [-0.3, -0.25) is 20.2 Å². The molecule has 98 valence electrons. The summed E-state index contributed by atoms with van der Waals surface area (Å²) in [6, 6.07) is 14.1. The summed E-state index contributed by atoms with van der Waals surface area (Å²) in [5, 5.41) is 20.3. The molecule has 0 fully saturated rings. The van der Waals surface area contributed by atoms with Gasteiger partial charge in [-0.1, -0.05) is 36.4 Å². The van der Waals surface area contributed by atoms with Crippen LogP contribution < -0.4 is 0 Å². The average molecular weight is 264 g/mol. The Hall–Kier alpha value is -2.83. The number of nitrogens with zero attached hydrogens (tertiary/aromatic N) is 2. The van der Waals surface area contributed by atoms with Crippen molar-refractivity contribution < 1.29 is 14.2 Å². The number of halogens is 1. The molecule has 0 unspecified atom stereocenters. The summed E-state index contributed by atoms with van der Waals surface area (Å²) < 4.78 is 12.6. The van der Waals surface area contributed by atoms with E-state index in [2.05, 4.69) is 0 Å². The van der Waals surface area contributed by atoms with Gasteiger partial charge >= 0.3 is 5.69 Å². The van der Waals surface area contributed by atoms with E-state index in [1.54, 1.807) is 0 Å². The molecular formula is C12H9FN2O4. The van der Waals surface area contributed by atoms with Crippen molar-refractivity contribution in [3.05, 3.63) is 80.6 Å². The predicted molar refractivity (Wildman–Crippen MR) is 66.2 cm³/mol. The van der Waals surface area contributed by atoms with Gasteiger partial charge in [0.05, 0.1) is 15.9 Å². The van der Waals surface area contributed by atoms with Crippen LogP contribution in [0.4, 0.5) is 15.8 Å². The number of hydrogen-bond acceptors (Lipinski definition) is 4. The molecule has 7 heteroatoms. The minimum atomic E-state index is -1.09. The molecule has 0 saturated carbocycles. The monoisotopic (exact) mass is 264 g/mol. The molecule has 0 bridgehead atoms. The van der Waals surface area contributed by atoms with Gasteiger partial charge in [0.2, 0.25) is 5.82 Å². The minimum Gasteiger partial charge on any atom is -0.258 e. The van der Waals surface area contributed by atoms with Crippen LogP contribution in [0.15, 0.2) is 54.6 Å². The molecule has 0 aromatic heterocycles. The van der Waals surface area contributed by atoms with Crippen LogP contribution in [0, 0.1) is 26.0 Å². The molecule has 0 aliphatic carbocycles. The van der Waals surface area contributed by atoms with Crippen LogP contribution in [-0.2, 0) is 0 Å². The first-order valence-corrected chi connectivity index (χ1v) is 5.10. The third-order valence-corrected chi connectivity index (χ3v) is 2.00. The quantitative estimate of drug-likeness (QED) is 0.614. The van der Waals surface area contributed by atoms with Crippen molar-refractivity contribution in [2.45, 2.75) is 0 Å². The molecule has 0 saturated heterocycles. The molecule has 6 nitrogen and oxygen atoms in total. The molecule has 0 aliphatic rings. The van der Waals surface area contributed by atoms with Gasteiger partial charge in [0.1, 0.15) is 0 Å². The van der Waals surface area contributed by atoms with Gasteiger partial charge in [0, 0.05) is 6.07 Å². The summed E-state index contributed by atoms with van der Waals surface area (Å²) in [6.07, 6.45) is 0. The summed E-state index contributed by atoms with van der Waals surface area (Å²) in [6.45, 7) is 0. The smallest absolute Gasteiger partial charge is 0.258 e. The van der Waals surface area contributed by atoms with Crippen LogP contribution >= 0.6 is 0 Å². The van der Waals surface area contributed by atoms with Crippen molar-refractivity contribution in [1.82, 2.24) is 0 Å². The number of non-ortho nitro benzene ring substituents is 1. The maximum absolute atomic E-state index is 12.6. The SMILES string of the molecule is O=[N+]([O-])c1ccc(F)c([N+](=O)[O-])c1.c1ccccc1. The second kappa shape index (κ2) is 6.80. The summed E-state index contributed by atoms with van der Waals surface area (Å²) in [5.74, 6) is -1.09. The van der Waals surface area contributed by atoms with Crippen molar-refractivity contribution >= 4 is 11.4 Å². The first-order chi connectivity index (χ1) is 9.02. The Kier molecular flexibility index (Phi) is 5.09. The molecule has 0 aliphatic heterocycles. The summed E-state index contributed by atoms with van der Waals surface area (Å²) in [4.78, 5) is 18.4. The molecule has 2 aromatic carbocycles. The standard InChI is InChI=1S/C6H3FN2O4.C6H6/c7-5-2-1-4(8(10)11)3-6(5)9(12)13;1-2-4-6-5-3-1/h1-3H;1-6H. The lowest BCUT2D eigenvalue weighted by atomic mass is 10.3. The second-order valence-corrected chi connectivity index (χ2v) is 3.30. The fourth-order valence-corrected chi connectivity index (χ4v) is 1.14. The maximum atomic E-state index is 12.6. The lowest BCUT2D eigenvalue weighted by Gasteiger charge is -1.93. The van der Waals surface area contributed by atoms with Gasteiger partial charge < -0.3 is 0 Å². The molecule has 0 spiro atoms. The van der Waals surface area contributed by atoms with E-state index in [0.717, 1.165) is 6.07 Å². The molecule has 0 radical (unpaired) electrons. The Morgan fingerprint density at radius 3 is 1.68 bits per heavy atom. The van der Waals surface area contributed by atoms with Gasteiger partial charge in [-0.05, 0) is 6.07 Å². The number of rotatable bonds is 2. The molecule has 19 heavy (non-hydrogen) atoms. The molecule has 0 heterocycles. The van der Waals surface area contributed by atoms with E-state index in [1.807, 2.05) is 36.4 Å². The second-order valence-electron chi connectivity index (χ2n) is 3.30. The summed E-state index contributed by atoms with van der Waals surface area (Å²) in [5.41, 5.74) is -1.40. The largest absolute Gasteiger partial charge is 0.311 e. The van der Waals surface area contributed by atoms with Crippen LogP contribution in [0.25, 0.3) is 0 Å². The van der Waals surface area contributed by atoms with E-state index < -0.39 is 27.0 Å². The van der Waals surface area contributed by atoms with Gasteiger partial charge in [0.25, 0.3) is 5.69 Å². The van der Waals surface area contributed by atoms with Crippen LogP contribution in [0.3, 0.4) is 0 Å². The van der Waals surface area contributed by atoms with E-state index in [9.17, 15) is 24.6 Å². The highest BCUT2D eigenvalue weighted by Gasteiger charge is 2.18. The number of nitro benzene ring substituents is 2. The third-order valence-electron chi connectivity index (χ3n) is 2.00. The van der Waals surface area contributed by atoms with Crippen molar-refractivity contribution in [2.75, 3.05) is 0 Å². The fourth-order valence-electron chi connectivity index (χ4n) is 1.14. The van der Waals surface area contributed by atoms with Crippen LogP contribution in [0.2, 0.25) is 0 Å². The summed E-state index contributed by atoms with van der Waals surface area (Å²) >= 11 is 0. The molecule has 2 rings (SSSR count). The average Bonchev–Trinajstić information content (AvgIpc) is 2.41. The zero-order valence-corrected chi connectivity index (χ0v) is 9.60. The highest BCUT2D eigenvalue weighted by Crippen LogP contribution is 2.22.